The molecule has 0 aliphatic carbocycles. The summed E-state index contributed by atoms with van der Waals surface area (Å²) in [5, 5.41) is 10.6. The van der Waals surface area contributed by atoms with Crippen LogP contribution in [0.25, 0.3) is 0 Å². The van der Waals surface area contributed by atoms with Crippen LogP contribution in [0.1, 0.15) is 20.8 Å². The van der Waals surface area contributed by atoms with Gasteiger partial charge in [-0.15, -0.1) is 0 Å². The van der Waals surface area contributed by atoms with Crippen LogP contribution in [-0.4, -0.2) is 11.1 Å². The SMILES string of the molecule is CC(C)(C)C=C=NO. The summed E-state index contributed by atoms with van der Waals surface area (Å²) >= 11 is 0. The first-order valence-electron chi connectivity index (χ1n) is 2.50. The van der Waals surface area contributed by atoms with Crippen molar-refractivity contribution in [1.82, 2.24) is 0 Å². The van der Waals surface area contributed by atoms with Crippen LogP contribution in [0.4, 0.5) is 0 Å². The van der Waals surface area contributed by atoms with Crippen molar-refractivity contribution < 1.29 is 5.21 Å². The second-order valence-corrected chi connectivity index (χ2v) is 2.74. The van der Waals surface area contributed by atoms with Crippen LogP contribution in [0.15, 0.2) is 11.2 Å². The zero-order valence-corrected chi connectivity index (χ0v) is 5.47. The third-order valence-corrected chi connectivity index (χ3v) is 0.555. The van der Waals surface area contributed by atoms with Gasteiger partial charge in [0.15, 0.2) is 0 Å². The number of hydrogen-bond acceptors (Lipinski definition) is 2. The maximum Gasteiger partial charge on any atom is 0.0244 e. The maximum atomic E-state index is 7.91. The van der Waals surface area contributed by atoms with E-state index in [4.69, 9.17) is 5.21 Å². The summed E-state index contributed by atoms with van der Waals surface area (Å²) in [6.45, 7) is 6.02. The van der Waals surface area contributed by atoms with E-state index in [9.17, 15) is 0 Å². The molecule has 2 nitrogen and oxygen atoms in total. The largest absolute Gasteiger partial charge is 0.404 e. The Kier molecular flexibility index (Phi) is 2.29. The summed E-state index contributed by atoms with van der Waals surface area (Å²) in [5.74, 6) is 2.34. The fraction of sp³-hybridized carbons (Fsp3) is 0.667. The molecule has 0 atom stereocenters. The van der Waals surface area contributed by atoms with Gasteiger partial charge in [0, 0.05) is 5.87 Å². The molecule has 0 spiro atoms. The van der Waals surface area contributed by atoms with Crippen molar-refractivity contribution in [2.24, 2.45) is 10.6 Å². The lowest BCUT2D eigenvalue weighted by Crippen LogP contribution is -1.98. The van der Waals surface area contributed by atoms with Gasteiger partial charge in [-0.1, -0.05) is 20.8 Å². The average molecular weight is 113 g/mol. The molecule has 0 amide bonds. The van der Waals surface area contributed by atoms with E-state index >= 15 is 0 Å². The highest BCUT2D eigenvalue weighted by atomic mass is 16.4. The molecule has 0 aromatic heterocycles. The highest BCUT2D eigenvalue weighted by Crippen LogP contribution is 2.11. The van der Waals surface area contributed by atoms with E-state index in [1.165, 1.54) is 0 Å². The minimum atomic E-state index is 0.0617. The third-order valence-electron chi connectivity index (χ3n) is 0.555. The number of rotatable bonds is 0. The monoisotopic (exact) mass is 113 g/mol. The molecule has 1 N–H and O–H groups in total. The normalized spacial score (nSPS) is 9.88. The van der Waals surface area contributed by atoms with E-state index in [0.717, 1.165) is 0 Å². The topological polar surface area (TPSA) is 32.6 Å². The van der Waals surface area contributed by atoms with Gasteiger partial charge in [-0.2, -0.15) is 0 Å². The molecular weight excluding hydrogens is 102 g/mol. The molecule has 0 aromatic carbocycles. The van der Waals surface area contributed by atoms with Crippen molar-refractivity contribution in [1.29, 1.82) is 0 Å². The van der Waals surface area contributed by atoms with E-state index < -0.39 is 0 Å². The van der Waals surface area contributed by atoms with Crippen molar-refractivity contribution in [2.75, 3.05) is 0 Å². The van der Waals surface area contributed by atoms with Crippen molar-refractivity contribution in [3.05, 3.63) is 6.08 Å². The fourth-order valence-electron chi connectivity index (χ4n) is 0.223. The van der Waals surface area contributed by atoms with Gasteiger partial charge in [0.05, 0.1) is 0 Å². The molecule has 0 rings (SSSR count). The lowest BCUT2D eigenvalue weighted by atomic mass is 9.98. The molecule has 0 saturated heterocycles. The second-order valence-electron chi connectivity index (χ2n) is 2.74. The molecule has 0 aromatic rings. The molecule has 2 heteroatoms. The molecule has 0 heterocycles. The van der Waals surface area contributed by atoms with E-state index in [1.807, 2.05) is 20.8 Å². The molecule has 0 aliphatic rings. The smallest absolute Gasteiger partial charge is 0.0244 e. The van der Waals surface area contributed by atoms with Gasteiger partial charge in [0.2, 0.25) is 0 Å². The van der Waals surface area contributed by atoms with Crippen LogP contribution in [0.5, 0.6) is 0 Å². The second kappa shape index (κ2) is 2.53. The van der Waals surface area contributed by atoms with Crippen LogP contribution in [0.3, 0.4) is 0 Å². The van der Waals surface area contributed by atoms with E-state index in [2.05, 4.69) is 11.0 Å². The Balaban J connectivity index is 3.89. The molecule has 0 unspecified atom stereocenters. The fourth-order valence-corrected chi connectivity index (χ4v) is 0.223. The summed E-state index contributed by atoms with van der Waals surface area (Å²) in [5.41, 5.74) is 0.0617. The van der Waals surface area contributed by atoms with Crippen molar-refractivity contribution in [3.63, 3.8) is 0 Å². The van der Waals surface area contributed by atoms with Crippen LogP contribution in [-0.2, 0) is 0 Å². The first-order chi connectivity index (χ1) is 3.56. The Morgan fingerprint density at radius 3 is 2.12 bits per heavy atom. The molecule has 0 fully saturated rings. The standard InChI is InChI=1S/C6H11NO/c1-6(2,3)4-5-7-8/h4,8H,1-3H3. The lowest BCUT2D eigenvalue weighted by molar-refractivity contribution is 0.322. The Labute approximate surface area is 49.5 Å². The number of allylic oxidation sites excluding steroid dienone is 1. The van der Waals surface area contributed by atoms with E-state index in [1.54, 1.807) is 6.08 Å². The molecule has 0 saturated carbocycles. The number of hydrogen-bond donors (Lipinski definition) is 1. The van der Waals surface area contributed by atoms with Crippen molar-refractivity contribution in [2.45, 2.75) is 20.8 Å². The number of nitrogens with zero attached hydrogens (tertiary/aromatic N) is 1. The lowest BCUT2D eigenvalue weighted by Gasteiger charge is -2.07. The molecule has 0 aliphatic heterocycles. The van der Waals surface area contributed by atoms with Crippen LogP contribution in [0, 0.1) is 5.41 Å². The predicted octanol–water partition coefficient (Wildman–Crippen LogP) is 1.65. The minimum absolute atomic E-state index is 0.0617. The van der Waals surface area contributed by atoms with Crippen LogP contribution in [0.2, 0.25) is 0 Å². The average Bonchev–Trinajstić information content (AvgIpc) is 1.59. The Hall–Kier alpha value is -0.750. The summed E-state index contributed by atoms with van der Waals surface area (Å²) in [6.07, 6.45) is 1.70. The Morgan fingerprint density at radius 2 is 2.00 bits per heavy atom. The molecular formula is C6H11NO. The van der Waals surface area contributed by atoms with Crippen molar-refractivity contribution in [3.8, 4) is 0 Å². The Bertz CT molecular complexity index is 115. The van der Waals surface area contributed by atoms with Crippen LogP contribution < -0.4 is 0 Å². The highest BCUT2D eigenvalue weighted by molar-refractivity contribution is 5.51. The summed E-state index contributed by atoms with van der Waals surface area (Å²) in [4.78, 5) is 0. The first kappa shape index (κ1) is 7.25. The zero-order valence-electron chi connectivity index (χ0n) is 5.47. The van der Waals surface area contributed by atoms with Gasteiger partial charge < -0.3 is 5.21 Å². The molecule has 0 radical (unpaired) electrons. The minimum Gasteiger partial charge on any atom is -0.404 e. The predicted molar refractivity (Wildman–Crippen MR) is 33.2 cm³/mol. The van der Waals surface area contributed by atoms with Crippen LogP contribution >= 0.6 is 0 Å². The van der Waals surface area contributed by atoms with Gasteiger partial charge in [0.1, 0.15) is 0 Å². The summed E-state index contributed by atoms with van der Waals surface area (Å²) in [6, 6.07) is 0. The van der Waals surface area contributed by atoms with Gasteiger partial charge in [-0.25, -0.2) is 0 Å². The molecule has 0 bridgehead atoms. The first-order valence-corrected chi connectivity index (χ1v) is 2.50. The molecule has 8 heavy (non-hydrogen) atoms. The molecule has 46 valence electrons. The quantitative estimate of drug-likeness (QED) is 0.289. The van der Waals surface area contributed by atoms with Gasteiger partial charge in [0.25, 0.3) is 0 Å². The van der Waals surface area contributed by atoms with Gasteiger partial charge in [-0.05, 0) is 16.6 Å². The van der Waals surface area contributed by atoms with E-state index in [0.29, 0.717) is 0 Å². The summed E-state index contributed by atoms with van der Waals surface area (Å²) < 4.78 is 0. The van der Waals surface area contributed by atoms with E-state index in [-0.39, 0.29) is 5.41 Å². The Morgan fingerprint density at radius 1 is 1.50 bits per heavy atom. The summed E-state index contributed by atoms with van der Waals surface area (Å²) in [7, 11) is 0. The van der Waals surface area contributed by atoms with Gasteiger partial charge in [-0.3, -0.25) is 0 Å². The van der Waals surface area contributed by atoms with Crippen molar-refractivity contribution >= 4 is 5.87 Å². The zero-order chi connectivity index (χ0) is 6.62. The third kappa shape index (κ3) is 5.25. The maximum absolute atomic E-state index is 7.91. The van der Waals surface area contributed by atoms with Gasteiger partial charge >= 0.3 is 0 Å². The highest BCUT2D eigenvalue weighted by Gasteiger charge is 2.02.